The van der Waals surface area contributed by atoms with Crippen LogP contribution in [0, 0.1) is 0 Å². The Morgan fingerprint density at radius 2 is 1.76 bits per heavy atom. The minimum atomic E-state index is 0.197. The second-order valence-corrected chi connectivity index (χ2v) is 4.66. The number of anilines is 1. The third kappa shape index (κ3) is 3.81. The second kappa shape index (κ2) is 6.88. The van der Waals surface area contributed by atoms with Gasteiger partial charge >= 0.3 is 12.0 Å². The molecule has 0 spiro atoms. The highest BCUT2D eigenvalue weighted by Crippen LogP contribution is 2.24. The summed E-state index contributed by atoms with van der Waals surface area (Å²) in [5, 5.41) is 2.84. The van der Waals surface area contributed by atoms with Crippen molar-refractivity contribution < 1.29 is 9.47 Å². The van der Waals surface area contributed by atoms with Crippen molar-refractivity contribution >= 4 is 5.95 Å². The van der Waals surface area contributed by atoms with Crippen LogP contribution in [0.3, 0.4) is 0 Å². The molecule has 0 saturated heterocycles. The van der Waals surface area contributed by atoms with Crippen LogP contribution in [0.15, 0.2) is 24.3 Å². The maximum absolute atomic E-state index is 5.65. The molecule has 6 nitrogen and oxygen atoms in total. The van der Waals surface area contributed by atoms with Gasteiger partial charge in [0.2, 0.25) is 5.95 Å². The lowest BCUT2D eigenvalue weighted by atomic mass is 9.99. The van der Waals surface area contributed by atoms with Gasteiger partial charge in [-0.05, 0) is 30.0 Å². The fourth-order valence-corrected chi connectivity index (χ4v) is 1.79. The Bertz CT molecular complexity index is 564. The number of nitrogens with one attached hydrogen (secondary N) is 1. The van der Waals surface area contributed by atoms with Gasteiger partial charge in [-0.1, -0.05) is 26.0 Å². The van der Waals surface area contributed by atoms with Gasteiger partial charge in [-0.3, -0.25) is 0 Å². The van der Waals surface area contributed by atoms with Crippen LogP contribution in [0.4, 0.5) is 5.95 Å². The first-order valence-electron chi connectivity index (χ1n) is 6.92. The Hall–Kier alpha value is -2.37. The molecule has 1 aromatic carbocycles. The molecule has 1 unspecified atom stereocenters. The Morgan fingerprint density at radius 1 is 1.10 bits per heavy atom. The summed E-state index contributed by atoms with van der Waals surface area (Å²) in [4.78, 5) is 12.2. The van der Waals surface area contributed by atoms with Gasteiger partial charge in [-0.25, -0.2) is 0 Å². The topological polar surface area (TPSA) is 69.2 Å². The van der Waals surface area contributed by atoms with E-state index in [9.17, 15) is 0 Å². The number of methoxy groups -OCH3 is 1. The van der Waals surface area contributed by atoms with Gasteiger partial charge in [0, 0.05) is 7.05 Å². The first-order valence-corrected chi connectivity index (χ1v) is 6.92. The smallest absolute Gasteiger partial charge is 0.330 e. The maximum atomic E-state index is 5.65. The van der Waals surface area contributed by atoms with Gasteiger partial charge in [0.1, 0.15) is 5.75 Å². The van der Waals surface area contributed by atoms with Crippen molar-refractivity contribution in [3.8, 4) is 17.8 Å². The molecule has 1 atom stereocenters. The highest BCUT2D eigenvalue weighted by atomic mass is 16.5. The average Bonchev–Trinajstić information content (AvgIpc) is 2.54. The molecule has 112 valence electrons. The lowest BCUT2D eigenvalue weighted by molar-refractivity contribution is 0.360. The van der Waals surface area contributed by atoms with Crippen molar-refractivity contribution in [3.63, 3.8) is 0 Å². The third-order valence-corrected chi connectivity index (χ3v) is 3.27. The van der Waals surface area contributed by atoms with Crippen LogP contribution >= 0.6 is 0 Å². The van der Waals surface area contributed by atoms with Crippen LogP contribution in [0.25, 0.3) is 0 Å². The van der Waals surface area contributed by atoms with Crippen molar-refractivity contribution in [1.82, 2.24) is 15.0 Å². The van der Waals surface area contributed by atoms with E-state index in [1.807, 2.05) is 12.1 Å². The molecule has 0 aliphatic heterocycles. The van der Waals surface area contributed by atoms with E-state index < -0.39 is 0 Å². The molecule has 0 amide bonds. The van der Waals surface area contributed by atoms with Crippen molar-refractivity contribution in [2.45, 2.75) is 26.2 Å². The van der Waals surface area contributed by atoms with Gasteiger partial charge in [0.05, 0.1) is 7.11 Å². The fraction of sp³-hybridized carbons (Fsp3) is 0.400. The molecule has 1 N–H and O–H groups in total. The Kier molecular flexibility index (Phi) is 4.92. The SMILES string of the molecule is CCC(C)c1ccc(Oc2nc(NC)nc(OC)n2)cc1. The zero-order valence-electron chi connectivity index (χ0n) is 12.8. The number of hydrogen-bond acceptors (Lipinski definition) is 6. The summed E-state index contributed by atoms with van der Waals surface area (Å²) in [5.41, 5.74) is 1.29. The van der Waals surface area contributed by atoms with Crippen LogP contribution in [0.1, 0.15) is 31.7 Å². The van der Waals surface area contributed by atoms with E-state index in [2.05, 4.69) is 46.2 Å². The minimum absolute atomic E-state index is 0.197. The number of benzene rings is 1. The molecule has 2 aromatic rings. The highest BCUT2D eigenvalue weighted by Gasteiger charge is 2.09. The number of aromatic nitrogens is 3. The minimum Gasteiger partial charge on any atom is -0.467 e. The summed E-state index contributed by atoms with van der Waals surface area (Å²) in [6.07, 6.45) is 1.11. The van der Waals surface area contributed by atoms with Gasteiger partial charge in [0.15, 0.2) is 0 Å². The van der Waals surface area contributed by atoms with E-state index in [0.29, 0.717) is 17.6 Å². The Morgan fingerprint density at radius 3 is 2.33 bits per heavy atom. The number of ether oxygens (including phenoxy) is 2. The van der Waals surface area contributed by atoms with Crippen LogP contribution in [0.5, 0.6) is 17.8 Å². The number of hydrogen-bond donors (Lipinski definition) is 1. The zero-order chi connectivity index (χ0) is 15.2. The van der Waals surface area contributed by atoms with Gasteiger partial charge in [-0.2, -0.15) is 9.97 Å². The van der Waals surface area contributed by atoms with Crippen LogP contribution < -0.4 is 14.8 Å². The van der Waals surface area contributed by atoms with E-state index in [1.54, 1.807) is 7.05 Å². The van der Waals surface area contributed by atoms with E-state index in [1.165, 1.54) is 12.7 Å². The highest BCUT2D eigenvalue weighted by molar-refractivity contribution is 5.32. The van der Waals surface area contributed by atoms with Crippen molar-refractivity contribution in [1.29, 1.82) is 0 Å². The summed E-state index contributed by atoms with van der Waals surface area (Å²) in [7, 11) is 3.22. The standard InChI is InChI=1S/C15H20N4O2/c1-5-10(2)11-6-8-12(9-7-11)21-15-18-13(16-3)17-14(19-15)20-4/h6-10H,5H2,1-4H3,(H,16,17,18,19). The van der Waals surface area contributed by atoms with E-state index >= 15 is 0 Å². The van der Waals surface area contributed by atoms with Crippen molar-refractivity contribution in [2.75, 3.05) is 19.5 Å². The summed E-state index contributed by atoms with van der Waals surface area (Å²) >= 11 is 0. The summed E-state index contributed by atoms with van der Waals surface area (Å²) in [5.74, 6) is 1.61. The van der Waals surface area contributed by atoms with Gasteiger partial charge in [-0.15, -0.1) is 4.98 Å². The molecule has 1 aromatic heterocycles. The van der Waals surface area contributed by atoms with Gasteiger partial charge < -0.3 is 14.8 Å². The molecule has 0 radical (unpaired) electrons. The third-order valence-electron chi connectivity index (χ3n) is 3.27. The quantitative estimate of drug-likeness (QED) is 0.880. The second-order valence-electron chi connectivity index (χ2n) is 4.66. The number of rotatable bonds is 6. The molecule has 0 aliphatic carbocycles. The van der Waals surface area contributed by atoms with Crippen LogP contribution in [0.2, 0.25) is 0 Å². The van der Waals surface area contributed by atoms with Crippen molar-refractivity contribution in [2.24, 2.45) is 0 Å². The molecule has 2 rings (SSSR count). The monoisotopic (exact) mass is 288 g/mol. The lowest BCUT2D eigenvalue weighted by Crippen LogP contribution is -2.03. The molecule has 0 aliphatic rings. The summed E-state index contributed by atoms with van der Waals surface area (Å²) in [6, 6.07) is 8.35. The average molecular weight is 288 g/mol. The zero-order valence-corrected chi connectivity index (χ0v) is 12.8. The first-order chi connectivity index (χ1) is 10.2. The first kappa shape index (κ1) is 15.0. The molecule has 1 heterocycles. The predicted octanol–water partition coefficient (Wildman–Crippen LogP) is 3.23. The summed E-state index contributed by atoms with van der Waals surface area (Å²) in [6.45, 7) is 4.37. The molecule has 21 heavy (non-hydrogen) atoms. The van der Waals surface area contributed by atoms with E-state index in [-0.39, 0.29) is 12.0 Å². The van der Waals surface area contributed by atoms with E-state index in [4.69, 9.17) is 9.47 Å². The maximum Gasteiger partial charge on any atom is 0.330 e. The summed E-state index contributed by atoms with van der Waals surface area (Å²) < 4.78 is 10.7. The molecular weight excluding hydrogens is 268 g/mol. The molecule has 6 heteroatoms. The Balaban J connectivity index is 2.17. The predicted molar refractivity (Wildman–Crippen MR) is 81.1 cm³/mol. The van der Waals surface area contributed by atoms with Crippen LogP contribution in [-0.2, 0) is 0 Å². The molecular formula is C15H20N4O2. The molecule has 0 bridgehead atoms. The normalized spacial score (nSPS) is 11.8. The number of nitrogens with zero attached hydrogens (tertiary/aromatic N) is 3. The van der Waals surface area contributed by atoms with Crippen LogP contribution in [-0.4, -0.2) is 29.1 Å². The van der Waals surface area contributed by atoms with Gasteiger partial charge in [0.25, 0.3) is 0 Å². The molecule has 0 fully saturated rings. The Labute approximate surface area is 124 Å². The molecule has 0 saturated carbocycles. The lowest BCUT2D eigenvalue weighted by Gasteiger charge is -2.10. The fourth-order valence-electron chi connectivity index (χ4n) is 1.79. The van der Waals surface area contributed by atoms with E-state index in [0.717, 1.165) is 6.42 Å². The largest absolute Gasteiger partial charge is 0.467 e. The van der Waals surface area contributed by atoms with Crippen molar-refractivity contribution in [3.05, 3.63) is 29.8 Å².